The van der Waals surface area contributed by atoms with Gasteiger partial charge >= 0.3 is 6.09 Å². The van der Waals surface area contributed by atoms with E-state index in [-0.39, 0.29) is 6.09 Å². The summed E-state index contributed by atoms with van der Waals surface area (Å²) in [7, 11) is 0. The van der Waals surface area contributed by atoms with Gasteiger partial charge in [0.1, 0.15) is 5.60 Å². The van der Waals surface area contributed by atoms with Gasteiger partial charge < -0.3 is 20.1 Å². The van der Waals surface area contributed by atoms with Crippen LogP contribution < -0.4 is 10.6 Å². The molecule has 1 amide bonds. The summed E-state index contributed by atoms with van der Waals surface area (Å²) >= 11 is 0. The van der Waals surface area contributed by atoms with Gasteiger partial charge in [-0.25, -0.2) is 4.79 Å². The zero-order chi connectivity index (χ0) is 16.6. The molecule has 130 valence electrons. The number of amides is 1. The summed E-state index contributed by atoms with van der Waals surface area (Å²) in [4.78, 5) is 11.7. The monoisotopic (exact) mass is 314 g/mol. The summed E-state index contributed by atoms with van der Waals surface area (Å²) < 4.78 is 10.9. The Kier molecular flexibility index (Phi) is 8.18. The van der Waals surface area contributed by atoms with Gasteiger partial charge in [0, 0.05) is 13.2 Å². The molecule has 1 aliphatic rings. The molecule has 2 N–H and O–H groups in total. The molecule has 5 heteroatoms. The maximum atomic E-state index is 11.7. The molecule has 1 aliphatic heterocycles. The summed E-state index contributed by atoms with van der Waals surface area (Å²) in [5.41, 5.74) is -0.447. The maximum Gasteiger partial charge on any atom is 0.407 e. The van der Waals surface area contributed by atoms with Crippen LogP contribution in [0.15, 0.2) is 0 Å². The first kappa shape index (κ1) is 19.2. The van der Waals surface area contributed by atoms with E-state index >= 15 is 0 Å². The van der Waals surface area contributed by atoms with Gasteiger partial charge in [0.15, 0.2) is 0 Å². The largest absolute Gasteiger partial charge is 0.444 e. The van der Waals surface area contributed by atoms with Gasteiger partial charge in [-0.2, -0.15) is 0 Å². The number of hydrogen-bond acceptors (Lipinski definition) is 4. The van der Waals surface area contributed by atoms with Crippen LogP contribution in [-0.4, -0.2) is 44.0 Å². The third kappa shape index (κ3) is 8.59. The third-order valence-electron chi connectivity index (χ3n) is 3.92. The number of alkyl carbamates (subject to hydrolysis) is 1. The fraction of sp³-hybridized carbons (Fsp3) is 0.941. The molecular formula is C17H34N2O3. The first-order chi connectivity index (χ1) is 10.3. The standard InChI is InChI=1S/C17H34N2O3/c1-13(2)14(12-19-16(20)22-17(3,4)5)11-18-9-8-15-7-6-10-21-15/h13-15,18H,6-12H2,1-5H3,(H,19,20). The lowest BCUT2D eigenvalue weighted by Gasteiger charge is -2.24. The normalized spacial score (nSPS) is 20.2. The molecule has 0 aromatic heterocycles. The second-order valence-corrected chi connectivity index (χ2v) is 7.51. The molecule has 0 bridgehead atoms. The number of ether oxygens (including phenoxy) is 2. The molecule has 0 aromatic carbocycles. The van der Waals surface area contributed by atoms with Gasteiger partial charge in [-0.15, -0.1) is 0 Å². The van der Waals surface area contributed by atoms with E-state index in [4.69, 9.17) is 9.47 Å². The molecule has 1 saturated heterocycles. The molecule has 1 fully saturated rings. The Morgan fingerprint density at radius 1 is 1.32 bits per heavy atom. The minimum absolute atomic E-state index is 0.336. The van der Waals surface area contributed by atoms with Gasteiger partial charge in [0.05, 0.1) is 6.10 Å². The SMILES string of the molecule is CC(C)C(CNCCC1CCCO1)CNC(=O)OC(C)(C)C. The van der Waals surface area contributed by atoms with Crippen LogP contribution in [0.25, 0.3) is 0 Å². The van der Waals surface area contributed by atoms with E-state index in [1.807, 2.05) is 20.8 Å². The number of nitrogens with one attached hydrogen (secondary N) is 2. The van der Waals surface area contributed by atoms with Crippen molar-refractivity contribution in [3.63, 3.8) is 0 Å². The summed E-state index contributed by atoms with van der Waals surface area (Å²) in [5.74, 6) is 0.905. The second-order valence-electron chi connectivity index (χ2n) is 7.51. The predicted octanol–water partition coefficient (Wildman–Crippen LogP) is 2.94. The highest BCUT2D eigenvalue weighted by atomic mass is 16.6. The lowest BCUT2D eigenvalue weighted by atomic mass is 9.95. The van der Waals surface area contributed by atoms with Crippen molar-refractivity contribution >= 4 is 6.09 Å². The highest BCUT2D eigenvalue weighted by molar-refractivity contribution is 5.67. The Morgan fingerprint density at radius 3 is 2.59 bits per heavy atom. The highest BCUT2D eigenvalue weighted by Crippen LogP contribution is 2.15. The Morgan fingerprint density at radius 2 is 2.05 bits per heavy atom. The molecule has 5 nitrogen and oxygen atoms in total. The lowest BCUT2D eigenvalue weighted by molar-refractivity contribution is 0.0515. The van der Waals surface area contributed by atoms with Crippen molar-refractivity contribution in [3.8, 4) is 0 Å². The fourth-order valence-electron chi connectivity index (χ4n) is 2.49. The summed E-state index contributed by atoms with van der Waals surface area (Å²) in [6.07, 6.45) is 3.56. The van der Waals surface area contributed by atoms with E-state index in [1.165, 1.54) is 12.8 Å². The van der Waals surface area contributed by atoms with Crippen molar-refractivity contribution < 1.29 is 14.3 Å². The molecule has 0 aliphatic carbocycles. The predicted molar refractivity (Wildman–Crippen MR) is 89.0 cm³/mol. The average molecular weight is 314 g/mol. The molecule has 1 heterocycles. The zero-order valence-electron chi connectivity index (χ0n) is 14.9. The minimum atomic E-state index is -0.447. The lowest BCUT2D eigenvalue weighted by Crippen LogP contribution is -2.40. The Bertz CT molecular complexity index is 320. The maximum absolute atomic E-state index is 11.7. The van der Waals surface area contributed by atoms with Gasteiger partial charge in [-0.05, 0) is 65.0 Å². The molecule has 22 heavy (non-hydrogen) atoms. The van der Waals surface area contributed by atoms with E-state index in [0.29, 0.717) is 24.5 Å². The Balaban J connectivity index is 2.19. The third-order valence-corrected chi connectivity index (χ3v) is 3.92. The van der Waals surface area contributed by atoms with Gasteiger partial charge in [0.25, 0.3) is 0 Å². The Labute approximate surface area is 135 Å². The molecule has 2 unspecified atom stereocenters. The number of rotatable bonds is 8. The van der Waals surface area contributed by atoms with Crippen molar-refractivity contribution in [2.75, 3.05) is 26.2 Å². The van der Waals surface area contributed by atoms with Crippen LogP contribution in [0.1, 0.15) is 53.9 Å². The molecule has 2 atom stereocenters. The van der Waals surface area contributed by atoms with E-state index in [2.05, 4.69) is 24.5 Å². The minimum Gasteiger partial charge on any atom is -0.444 e. The van der Waals surface area contributed by atoms with Gasteiger partial charge in [-0.1, -0.05) is 13.8 Å². The first-order valence-electron chi connectivity index (χ1n) is 8.57. The van der Waals surface area contributed by atoms with E-state index in [9.17, 15) is 4.79 Å². The molecule has 0 saturated carbocycles. The quantitative estimate of drug-likeness (QED) is 0.676. The molecule has 0 radical (unpaired) electrons. The van der Waals surface area contributed by atoms with Crippen LogP contribution in [0.4, 0.5) is 4.79 Å². The van der Waals surface area contributed by atoms with Crippen LogP contribution in [0.2, 0.25) is 0 Å². The number of hydrogen-bond donors (Lipinski definition) is 2. The highest BCUT2D eigenvalue weighted by Gasteiger charge is 2.19. The van der Waals surface area contributed by atoms with Crippen molar-refractivity contribution in [3.05, 3.63) is 0 Å². The van der Waals surface area contributed by atoms with E-state index < -0.39 is 5.60 Å². The summed E-state index contributed by atoms with van der Waals surface area (Å²) in [6.45, 7) is 13.4. The Hall–Kier alpha value is -0.810. The molecule has 0 aromatic rings. The first-order valence-corrected chi connectivity index (χ1v) is 8.57. The molecular weight excluding hydrogens is 280 g/mol. The molecule has 0 spiro atoms. The van der Waals surface area contributed by atoms with E-state index in [0.717, 1.165) is 26.1 Å². The van der Waals surface area contributed by atoms with Crippen molar-refractivity contribution in [1.82, 2.24) is 10.6 Å². The summed E-state index contributed by atoms with van der Waals surface area (Å²) in [6, 6.07) is 0. The molecule has 1 rings (SSSR count). The second kappa shape index (κ2) is 9.36. The summed E-state index contributed by atoms with van der Waals surface area (Å²) in [5, 5.41) is 6.37. The topological polar surface area (TPSA) is 59.6 Å². The van der Waals surface area contributed by atoms with Crippen LogP contribution in [0, 0.1) is 11.8 Å². The van der Waals surface area contributed by atoms with Crippen LogP contribution in [0.5, 0.6) is 0 Å². The van der Waals surface area contributed by atoms with E-state index in [1.54, 1.807) is 0 Å². The van der Waals surface area contributed by atoms with Gasteiger partial charge in [-0.3, -0.25) is 0 Å². The number of carbonyl (C=O) groups is 1. The fourth-order valence-corrected chi connectivity index (χ4v) is 2.49. The smallest absolute Gasteiger partial charge is 0.407 e. The van der Waals surface area contributed by atoms with Crippen LogP contribution in [0.3, 0.4) is 0 Å². The van der Waals surface area contributed by atoms with Crippen LogP contribution >= 0.6 is 0 Å². The average Bonchev–Trinajstić information content (AvgIpc) is 2.88. The van der Waals surface area contributed by atoms with Crippen molar-refractivity contribution in [2.24, 2.45) is 11.8 Å². The number of carbonyl (C=O) groups excluding carboxylic acids is 1. The van der Waals surface area contributed by atoms with Crippen LogP contribution in [-0.2, 0) is 9.47 Å². The van der Waals surface area contributed by atoms with Crippen molar-refractivity contribution in [2.45, 2.75) is 65.6 Å². The van der Waals surface area contributed by atoms with Crippen molar-refractivity contribution in [1.29, 1.82) is 0 Å². The van der Waals surface area contributed by atoms with Gasteiger partial charge in [0.2, 0.25) is 0 Å². The zero-order valence-corrected chi connectivity index (χ0v) is 14.9.